The van der Waals surface area contributed by atoms with Crippen LogP contribution >= 0.6 is 0 Å². The minimum absolute atomic E-state index is 0.0443. The highest BCUT2D eigenvalue weighted by Crippen LogP contribution is 2.42. The number of hydrogen-bond acceptors (Lipinski definition) is 6. The van der Waals surface area contributed by atoms with Crippen molar-refractivity contribution in [2.24, 2.45) is 0 Å². The Bertz CT molecular complexity index is 1390. The zero-order valence-electron chi connectivity index (χ0n) is 15.8. The van der Waals surface area contributed by atoms with E-state index >= 15 is 0 Å². The maximum absolute atomic E-state index is 13.6. The molecule has 3 heterocycles. The van der Waals surface area contributed by atoms with Crippen LogP contribution in [0.2, 0.25) is 0 Å². The standard InChI is InChI=1S/C22H16N2O5S/c1-28-19-10-4-8-16-20(19)22(25)29-21(16)18-12-14-6-2-3-9-17(14)24(18)30(26,27)15-7-5-11-23-13-15/h2-13,21H,1H3. The number of cyclic esters (lactones) is 1. The summed E-state index contributed by atoms with van der Waals surface area (Å²) in [6.07, 6.45) is 1.92. The maximum Gasteiger partial charge on any atom is 0.343 e. The molecule has 0 aliphatic carbocycles. The van der Waals surface area contributed by atoms with Crippen LogP contribution in [0.5, 0.6) is 5.75 Å². The number of methoxy groups -OCH3 is 1. The molecule has 1 aliphatic rings. The van der Waals surface area contributed by atoms with Gasteiger partial charge in [0.05, 0.1) is 18.3 Å². The van der Waals surface area contributed by atoms with Crippen molar-refractivity contribution in [2.75, 3.05) is 7.11 Å². The normalized spacial score (nSPS) is 15.8. The fourth-order valence-electron chi connectivity index (χ4n) is 3.81. The molecule has 1 atom stereocenters. The molecular formula is C22H16N2O5S. The predicted octanol–water partition coefficient (Wildman–Crippen LogP) is 3.54. The first-order valence-electron chi connectivity index (χ1n) is 9.16. The summed E-state index contributed by atoms with van der Waals surface area (Å²) >= 11 is 0. The van der Waals surface area contributed by atoms with E-state index in [1.165, 1.54) is 29.5 Å². The number of fused-ring (bicyclic) bond motifs is 2. The number of carbonyl (C=O) groups excluding carboxylic acids is 1. The Hall–Kier alpha value is -3.65. The molecule has 0 radical (unpaired) electrons. The summed E-state index contributed by atoms with van der Waals surface area (Å²) < 4.78 is 39.3. The third-order valence-corrected chi connectivity index (χ3v) is 6.85. The summed E-state index contributed by atoms with van der Waals surface area (Å²) in [5, 5.41) is 0.715. The molecule has 1 aliphatic heterocycles. The van der Waals surface area contributed by atoms with Crippen molar-refractivity contribution >= 4 is 26.9 Å². The van der Waals surface area contributed by atoms with E-state index < -0.39 is 22.1 Å². The van der Waals surface area contributed by atoms with Crippen LogP contribution in [0.1, 0.15) is 27.7 Å². The van der Waals surface area contributed by atoms with Crippen molar-refractivity contribution < 1.29 is 22.7 Å². The molecule has 2 aromatic carbocycles. The second-order valence-corrected chi connectivity index (χ2v) is 8.58. The second-order valence-electron chi connectivity index (χ2n) is 6.80. The average Bonchev–Trinajstić information content (AvgIpc) is 3.32. The van der Waals surface area contributed by atoms with Gasteiger partial charge in [-0.1, -0.05) is 30.3 Å². The van der Waals surface area contributed by atoms with E-state index in [-0.39, 0.29) is 4.90 Å². The summed E-state index contributed by atoms with van der Waals surface area (Å²) in [7, 11) is -2.52. The van der Waals surface area contributed by atoms with Crippen molar-refractivity contribution in [3.8, 4) is 5.75 Å². The van der Waals surface area contributed by atoms with E-state index in [2.05, 4.69) is 4.98 Å². The van der Waals surface area contributed by atoms with E-state index in [4.69, 9.17) is 9.47 Å². The van der Waals surface area contributed by atoms with Gasteiger partial charge in [-0.2, -0.15) is 0 Å². The number of aromatic nitrogens is 2. The topological polar surface area (TPSA) is 87.5 Å². The Balaban J connectivity index is 1.80. The van der Waals surface area contributed by atoms with Gasteiger partial charge < -0.3 is 9.47 Å². The fraction of sp³-hybridized carbons (Fsp3) is 0.0909. The van der Waals surface area contributed by atoms with Gasteiger partial charge >= 0.3 is 5.97 Å². The van der Waals surface area contributed by atoms with E-state index in [9.17, 15) is 13.2 Å². The molecule has 8 heteroatoms. The van der Waals surface area contributed by atoms with Crippen LogP contribution in [0, 0.1) is 0 Å². The number of hydrogen-bond donors (Lipinski definition) is 0. The number of pyridine rings is 1. The summed E-state index contributed by atoms with van der Waals surface area (Å²) in [6, 6.07) is 17.1. The summed E-state index contributed by atoms with van der Waals surface area (Å²) in [6.45, 7) is 0. The molecule has 0 saturated heterocycles. The number of para-hydroxylation sites is 1. The van der Waals surface area contributed by atoms with Crippen LogP contribution in [0.25, 0.3) is 10.9 Å². The Kier molecular flexibility index (Phi) is 4.11. The van der Waals surface area contributed by atoms with Crippen LogP contribution in [0.4, 0.5) is 0 Å². The Labute approximate surface area is 172 Å². The molecule has 150 valence electrons. The lowest BCUT2D eigenvalue weighted by Crippen LogP contribution is -2.18. The van der Waals surface area contributed by atoms with Crippen LogP contribution < -0.4 is 4.74 Å². The van der Waals surface area contributed by atoms with Crippen LogP contribution in [-0.2, 0) is 14.8 Å². The molecular weight excluding hydrogens is 404 g/mol. The number of ether oxygens (including phenoxy) is 2. The molecule has 0 saturated carbocycles. The van der Waals surface area contributed by atoms with Gasteiger partial charge in [0, 0.05) is 23.3 Å². The van der Waals surface area contributed by atoms with Gasteiger partial charge in [-0.05, 0) is 30.3 Å². The molecule has 0 spiro atoms. The van der Waals surface area contributed by atoms with Gasteiger partial charge in [0.25, 0.3) is 10.0 Å². The van der Waals surface area contributed by atoms with Crippen molar-refractivity contribution in [3.63, 3.8) is 0 Å². The Morgan fingerprint density at radius 2 is 1.90 bits per heavy atom. The van der Waals surface area contributed by atoms with Gasteiger partial charge in [0.1, 0.15) is 16.2 Å². The predicted molar refractivity (Wildman–Crippen MR) is 109 cm³/mol. The quantitative estimate of drug-likeness (QED) is 0.469. The van der Waals surface area contributed by atoms with Crippen molar-refractivity contribution in [3.05, 3.63) is 89.9 Å². The molecule has 0 bridgehead atoms. The van der Waals surface area contributed by atoms with Crippen molar-refractivity contribution in [1.29, 1.82) is 0 Å². The molecule has 0 amide bonds. The first-order valence-corrected chi connectivity index (χ1v) is 10.6. The Morgan fingerprint density at radius 1 is 1.07 bits per heavy atom. The van der Waals surface area contributed by atoms with Crippen LogP contribution in [0.3, 0.4) is 0 Å². The summed E-state index contributed by atoms with van der Waals surface area (Å²) in [5.74, 6) is -0.166. The van der Waals surface area contributed by atoms with Crippen LogP contribution in [-0.4, -0.2) is 30.5 Å². The molecule has 30 heavy (non-hydrogen) atoms. The molecule has 4 aromatic rings. The fourth-order valence-corrected chi connectivity index (χ4v) is 5.32. The van der Waals surface area contributed by atoms with E-state index in [1.807, 2.05) is 12.1 Å². The zero-order chi connectivity index (χ0) is 20.9. The van der Waals surface area contributed by atoms with Gasteiger partial charge in [-0.3, -0.25) is 4.98 Å². The van der Waals surface area contributed by atoms with Crippen molar-refractivity contribution in [2.45, 2.75) is 11.0 Å². The van der Waals surface area contributed by atoms with Gasteiger partial charge in [-0.25, -0.2) is 17.2 Å². The number of carbonyl (C=O) groups is 1. The van der Waals surface area contributed by atoms with Gasteiger partial charge in [-0.15, -0.1) is 0 Å². The van der Waals surface area contributed by atoms with Crippen molar-refractivity contribution in [1.82, 2.24) is 8.96 Å². The molecule has 0 fully saturated rings. The summed E-state index contributed by atoms with van der Waals surface area (Å²) in [5.41, 5.74) is 1.69. The minimum atomic E-state index is -3.99. The average molecular weight is 420 g/mol. The molecule has 0 N–H and O–H groups in total. The second kappa shape index (κ2) is 6.70. The first-order chi connectivity index (χ1) is 14.5. The maximum atomic E-state index is 13.6. The lowest BCUT2D eigenvalue weighted by molar-refractivity contribution is 0.0447. The van der Waals surface area contributed by atoms with E-state index in [1.54, 1.807) is 42.5 Å². The molecule has 2 aromatic heterocycles. The number of esters is 1. The van der Waals surface area contributed by atoms with Gasteiger partial charge in [0.15, 0.2) is 6.10 Å². The highest BCUT2D eigenvalue weighted by molar-refractivity contribution is 7.90. The Morgan fingerprint density at radius 3 is 2.67 bits per heavy atom. The number of nitrogens with zero attached hydrogens (tertiary/aromatic N) is 2. The highest BCUT2D eigenvalue weighted by atomic mass is 32.2. The van der Waals surface area contributed by atoms with Gasteiger partial charge in [0.2, 0.25) is 0 Å². The minimum Gasteiger partial charge on any atom is -0.496 e. The monoisotopic (exact) mass is 420 g/mol. The number of rotatable bonds is 4. The number of benzene rings is 2. The zero-order valence-corrected chi connectivity index (χ0v) is 16.7. The highest BCUT2D eigenvalue weighted by Gasteiger charge is 2.39. The first kappa shape index (κ1) is 18.4. The molecule has 5 rings (SSSR count). The summed E-state index contributed by atoms with van der Waals surface area (Å²) in [4.78, 5) is 16.6. The molecule has 1 unspecified atom stereocenters. The SMILES string of the molecule is COc1cccc2c1C(=O)OC2c1cc2ccccc2n1S(=O)(=O)c1cccnc1. The third kappa shape index (κ3) is 2.61. The molecule has 7 nitrogen and oxygen atoms in total. The largest absolute Gasteiger partial charge is 0.496 e. The van der Waals surface area contributed by atoms with E-state index in [0.717, 1.165) is 0 Å². The lowest BCUT2D eigenvalue weighted by atomic mass is 10.0. The third-order valence-electron chi connectivity index (χ3n) is 5.12. The van der Waals surface area contributed by atoms with Crippen LogP contribution in [0.15, 0.2) is 78.0 Å². The smallest absolute Gasteiger partial charge is 0.343 e. The lowest BCUT2D eigenvalue weighted by Gasteiger charge is -2.16. The van der Waals surface area contributed by atoms with E-state index in [0.29, 0.717) is 33.5 Å².